The molecule has 0 saturated heterocycles. The largest absolute Gasteiger partial charge is 0.442 e. The third-order valence-corrected chi connectivity index (χ3v) is 2.71. The Morgan fingerprint density at radius 3 is 2.70 bits per heavy atom. The van der Waals surface area contributed by atoms with Crippen LogP contribution in [0.3, 0.4) is 0 Å². The van der Waals surface area contributed by atoms with Crippen molar-refractivity contribution in [3.8, 4) is 0 Å². The van der Waals surface area contributed by atoms with Crippen LogP contribution < -0.4 is 11.2 Å². The molecule has 0 bridgehead atoms. The number of nitrogens with two attached hydrogens (primary N) is 1. The summed E-state index contributed by atoms with van der Waals surface area (Å²) < 4.78 is 5.17. The van der Waals surface area contributed by atoms with E-state index in [1.54, 1.807) is 33.8 Å². The van der Waals surface area contributed by atoms with Crippen LogP contribution in [0.2, 0.25) is 0 Å². The highest BCUT2D eigenvalue weighted by Gasteiger charge is 2.28. The zero-order chi connectivity index (χ0) is 15.5. The molecule has 1 rings (SSSR count). The highest BCUT2D eigenvalue weighted by atomic mass is 35.5. The Hall–Kier alpha value is -1.60. The molecule has 0 aromatic rings. The van der Waals surface area contributed by atoms with E-state index in [1.807, 2.05) is 0 Å². The summed E-state index contributed by atoms with van der Waals surface area (Å²) in [6.07, 6.45) is 2.30. The number of carbonyl (C=O) groups is 1. The van der Waals surface area contributed by atoms with Gasteiger partial charge in [0, 0.05) is 11.8 Å². The summed E-state index contributed by atoms with van der Waals surface area (Å²) in [6, 6.07) is -0.682. The summed E-state index contributed by atoms with van der Waals surface area (Å²) in [4.78, 5) is 22.7. The van der Waals surface area contributed by atoms with Crippen molar-refractivity contribution < 1.29 is 9.53 Å². The first-order valence-electron chi connectivity index (χ1n) is 6.08. The molecule has 0 saturated carbocycles. The summed E-state index contributed by atoms with van der Waals surface area (Å²) in [7, 11) is 0. The molecule has 7 nitrogen and oxygen atoms in total. The fraction of sp³-hybridized carbons (Fsp3) is 0.583. The van der Waals surface area contributed by atoms with Gasteiger partial charge in [-0.15, -0.1) is 0 Å². The van der Waals surface area contributed by atoms with Gasteiger partial charge >= 0.3 is 6.09 Å². The van der Waals surface area contributed by atoms with E-state index in [4.69, 9.17) is 22.2 Å². The number of hydrogen-bond donors (Lipinski definition) is 2. The number of nitrogens with zero attached hydrogens (tertiary/aromatic N) is 2. The number of amides is 1. The average Bonchev–Trinajstić information content (AvgIpc) is 2.34. The van der Waals surface area contributed by atoms with Gasteiger partial charge in [-0.2, -0.15) is 4.91 Å². The van der Waals surface area contributed by atoms with Crippen LogP contribution in [0.25, 0.3) is 0 Å². The maximum atomic E-state index is 11.9. The molecule has 2 unspecified atom stereocenters. The van der Waals surface area contributed by atoms with Crippen molar-refractivity contribution in [3.63, 3.8) is 0 Å². The van der Waals surface area contributed by atoms with E-state index >= 15 is 0 Å². The molecular weight excluding hydrogens is 284 g/mol. The predicted molar refractivity (Wildman–Crippen MR) is 76.5 cm³/mol. The number of nitrogens with one attached hydrogen (secondary N) is 1. The molecule has 0 aromatic heterocycles. The fourth-order valence-electron chi connectivity index (χ4n) is 1.56. The first kappa shape index (κ1) is 16.5. The lowest BCUT2D eigenvalue weighted by atomic mass is 10.0. The van der Waals surface area contributed by atoms with E-state index in [0.717, 1.165) is 5.01 Å². The fourth-order valence-corrected chi connectivity index (χ4v) is 1.76. The molecule has 1 aliphatic heterocycles. The van der Waals surface area contributed by atoms with E-state index in [0.29, 0.717) is 11.3 Å². The predicted octanol–water partition coefficient (Wildman–Crippen LogP) is 2.19. The molecule has 0 aliphatic carbocycles. The maximum Gasteiger partial charge on any atom is 0.429 e. The Kier molecular flexibility index (Phi) is 5.13. The number of dihydropyridines is 1. The number of carbonyl (C=O) groups excluding carboxylic acids is 1. The quantitative estimate of drug-likeness (QED) is 0.208. The zero-order valence-electron chi connectivity index (χ0n) is 11.9. The van der Waals surface area contributed by atoms with Crippen LogP contribution in [-0.2, 0) is 4.74 Å². The number of nitroso groups, excluding NO2 is 1. The van der Waals surface area contributed by atoms with Gasteiger partial charge in [-0.25, -0.2) is 15.6 Å². The van der Waals surface area contributed by atoms with E-state index < -0.39 is 23.2 Å². The molecule has 1 aliphatic rings. The molecule has 2 atom stereocenters. The normalized spacial score (nSPS) is 20.2. The molecule has 1 amide bonds. The second kappa shape index (κ2) is 6.23. The van der Waals surface area contributed by atoms with Crippen molar-refractivity contribution in [1.82, 2.24) is 10.3 Å². The van der Waals surface area contributed by atoms with E-state index in [9.17, 15) is 9.70 Å². The van der Waals surface area contributed by atoms with Gasteiger partial charge in [0.2, 0.25) is 0 Å². The highest BCUT2D eigenvalue weighted by Crippen LogP contribution is 2.24. The van der Waals surface area contributed by atoms with Crippen LogP contribution in [0.4, 0.5) is 4.79 Å². The Labute approximate surface area is 122 Å². The average molecular weight is 303 g/mol. The van der Waals surface area contributed by atoms with Gasteiger partial charge in [-0.05, 0) is 33.8 Å². The summed E-state index contributed by atoms with van der Waals surface area (Å²) in [5.41, 5.74) is -0.412. The first-order valence-corrected chi connectivity index (χ1v) is 6.52. The lowest BCUT2D eigenvalue weighted by Gasteiger charge is -2.29. The first-order chi connectivity index (χ1) is 9.15. The van der Waals surface area contributed by atoms with E-state index in [-0.39, 0.29) is 0 Å². The Bertz CT molecular complexity index is 456. The Morgan fingerprint density at radius 1 is 1.60 bits per heavy atom. The summed E-state index contributed by atoms with van der Waals surface area (Å²) >= 11 is 5.92. The number of halogens is 1. The molecule has 8 heteroatoms. The van der Waals surface area contributed by atoms with Crippen LogP contribution in [0.1, 0.15) is 27.7 Å². The molecule has 0 spiro atoms. The van der Waals surface area contributed by atoms with Crippen LogP contribution in [0.5, 0.6) is 0 Å². The zero-order valence-corrected chi connectivity index (χ0v) is 12.6. The number of hydrazine groups is 1. The minimum absolute atomic E-state index is 0.295. The van der Waals surface area contributed by atoms with Crippen molar-refractivity contribution in [3.05, 3.63) is 28.5 Å². The van der Waals surface area contributed by atoms with Gasteiger partial charge in [-0.3, -0.25) is 0 Å². The minimum Gasteiger partial charge on any atom is -0.442 e. The molecule has 112 valence electrons. The SMILES string of the molecule is CC(N=O)C1=CC(Cl)NC=C1N(N)C(=O)OC(C)(C)C. The third-order valence-electron chi connectivity index (χ3n) is 2.46. The van der Waals surface area contributed by atoms with Gasteiger partial charge in [-0.1, -0.05) is 16.8 Å². The Balaban J connectivity index is 2.95. The summed E-state index contributed by atoms with van der Waals surface area (Å²) in [6.45, 7) is 6.78. The Morgan fingerprint density at radius 2 is 2.20 bits per heavy atom. The lowest BCUT2D eigenvalue weighted by Crippen LogP contribution is -2.43. The standard InChI is InChI=1S/C12H19ClN4O3/c1-7(16-19)8-5-10(13)15-6-9(8)17(14)11(18)20-12(2,3)4/h5-7,10,15H,14H2,1-4H3. The topological polar surface area (TPSA) is 97.0 Å². The van der Waals surface area contributed by atoms with Crippen LogP contribution >= 0.6 is 11.6 Å². The van der Waals surface area contributed by atoms with Gasteiger partial charge in [0.15, 0.2) is 0 Å². The number of rotatable bonds is 3. The molecule has 3 N–H and O–H groups in total. The molecule has 0 fully saturated rings. The van der Waals surface area contributed by atoms with Crippen LogP contribution in [0.15, 0.2) is 28.7 Å². The van der Waals surface area contributed by atoms with Crippen molar-refractivity contribution in [2.24, 2.45) is 11.0 Å². The molecular formula is C12H19ClN4O3. The third kappa shape index (κ3) is 4.21. The van der Waals surface area contributed by atoms with Gasteiger partial charge in [0.1, 0.15) is 17.1 Å². The van der Waals surface area contributed by atoms with Crippen molar-refractivity contribution in [1.29, 1.82) is 0 Å². The molecule has 1 heterocycles. The van der Waals surface area contributed by atoms with Crippen molar-refractivity contribution in [2.75, 3.05) is 0 Å². The second-order valence-corrected chi connectivity index (χ2v) is 5.82. The van der Waals surface area contributed by atoms with E-state index in [2.05, 4.69) is 10.5 Å². The van der Waals surface area contributed by atoms with Gasteiger partial charge in [0.25, 0.3) is 0 Å². The minimum atomic E-state index is -0.734. The monoisotopic (exact) mass is 302 g/mol. The maximum absolute atomic E-state index is 11.9. The van der Waals surface area contributed by atoms with Gasteiger partial charge in [0.05, 0.1) is 5.70 Å². The van der Waals surface area contributed by atoms with Crippen LogP contribution in [0, 0.1) is 4.91 Å². The molecule has 0 aromatic carbocycles. The van der Waals surface area contributed by atoms with Crippen LogP contribution in [-0.4, -0.2) is 28.2 Å². The van der Waals surface area contributed by atoms with Gasteiger partial charge < -0.3 is 10.1 Å². The molecule has 20 heavy (non-hydrogen) atoms. The van der Waals surface area contributed by atoms with Crippen molar-refractivity contribution in [2.45, 2.75) is 44.8 Å². The molecule has 0 radical (unpaired) electrons. The number of ether oxygens (including phenoxy) is 1. The number of hydrogen-bond acceptors (Lipinski definition) is 6. The summed E-state index contributed by atoms with van der Waals surface area (Å²) in [5.74, 6) is 5.75. The van der Waals surface area contributed by atoms with E-state index in [1.165, 1.54) is 6.20 Å². The van der Waals surface area contributed by atoms with Crippen molar-refractivity contribution >= 4 is 17.7 Å². The number of alkyl halides is 1. The summed E-state index contributed by atoms with van der Waals surface area (Å²) in [5, 5.41) is 6.55. The highest BCUT2D eigenvalue weighted by molar-refractivity contribution is 6.21. The second-order valence-electron chi connectivity index (χ2n) is 5.35. The lowest BCUT2D eigenvalue weighted by molar-refractivity contribution is 0.0313. The smallest absolute Gasteiger partial charge is 0.429 e.